The summed E-state index contributed by atoms with van der Waals surface area (Å²) < 4.78 is 11.5. The van der Waals surface area contributed by atoms with Crippen LogP contribution in [0.4, 0.5) is 0 Å². The Morgan fingerprint density at radius 2 is 2.11 bits per heavy atom. The zero-order valence-corrected chi connectivity index (χ0v) is 11.8. The van der Waals surface area contributed by atoms with E-state index < -0.39 is 0 Å². The quantitative estimate of drug-likeness (QED) is 0.548. The molecule has 106 valence electrons. The van der Waals surface area contributed by atoms with Gasteiger partial charge in [0.05, 0.1) is 33.0 Å². The van der Waals surface area contributed by atoms with Gasteiger partial charge in [0.15, 0.2) is 0 Å². The molecule has 1 aliphatic heterocycles. The molecule has 5 nitrogen and oxygen atoms in total. The molecule has 5 heteroatoms. The van der Waals surface area contributed by atoms with Gasteiger partial charge in [-0.25, -0.2) is 0 Å². The minimum atomic E-state index is -0.247. The predicted octanol–water partition coefficient (Wildman–Crippen LogP) is 0.433. The van der Waals surface area contributed by atoms with Crippen LogP contribution in [0.2, 0.25) is 0 Å². The van der Waals surface area contributed by atoms with Gasteiger partial charge in [-0.2, -0.15) is 0 Å². The van der Waals surface area contributed by atoms with Gasteiger partial charge in [0, 0.05) is 5.92 Å². The molecule has 0 aromatic carbocycles. The molecule has 5 atom stereocenters. The van der Waals surface area contributed by atoms with Gasteiger partial charge in [-0.1, -0.05) is 0 Å². The maximum Gasteiger partial charge on any atom is 0.310 e. The molecule has 3 aliphatic rings. The number of fused-ring (bicyclic) bond motifs is 1. The molecule has 1 saturated heterocycles. The number of carbonyl (C=O) groups is 2. The third-order valence-electron chi connectivity index (χ3n) is 4.76. The van der Waals surface area contributed by atoms with Crippen LogP contribution in [-0.4, -0.2) is 56.8 Å². The van der Waals surface area contributed by atoms with Crippen molar-refractivity contribution in [3.05, 3.63) is 0 Å². The zero-order chi connectivity index (χ0) is 13.8. The van der Waals surface area contributed by atoms with E-state index in [1.54, 1.807) is 0 Å². The number of ether oxygens (including phenoxy) is 2. The number of carbonyl (C=O) groups excluding carboxylic acids is 2. The summed E-state index contributed by atoms with van der Waals surface area (Å²) in [6, 6.07) is 0. The summed E-state index contributed by atoms with van der Waals surface area (Å²) in [5, 5.41) is 0. The Morgan fingerprint density at radius 3 is 2.79 bits per heavy atom. The van der Waals surface area contributed by atoms with Crippen LogP contribution in [0.25, 0.3) is 0 Å². The second-order valence-corrected chi connectivity index (χ2v) is 7.10. The van der Waals surface area contributed by atoms with Crippen molar-refractivity contribution >= 4 is 11.9 Å². The highest BCUT2D eigenvalue weighted by molar-refractivity contribution is 5.85. The van der Waals surface area contributed by atoms with Crippen molar-refractivity contribution in [2.75, 3.05) is 34.3 Å². The van der Waals surface area contributed by atoms with Gasteiger partial charge in [0.1, 0.15) is 19.3 Å². The maximum absolute atomic E-state index is 12.2. The number of nitrogens with zero attached hydrogens (tertiary/aromatic N) is 1. The number of hydrogen-bond donors (Lipinski definition) is 0. The van der Waals surface area contributed by atoms with E-state index in [2.05, 4.69) is 21.1 Å². The van der Waals surface area contributed by atoms with Crippen LogP contribution in [0.5, 0.6) is 0 Å². The molecule has 2 aliphatic carbocycles. The van der Waals surface area contributed by atoms with Crippen LogP contribution >= 0.6 is 0 Å². The van der Waals surface area contributed by atoms with E-state index in [0.29, 0.717) is 12.5 Å². The van der Waals surface area contributed by atoms with Gasteiger partial charge in [-0.05, 0) is 18.8 Å². The fraction of sp³-hybridized carbons (Fsp3) is 0.857. The smallest absolute Gasteiger partial charge is 0.310 e. The largest absolute Gasteiger partial charge is 0.462 e. The monoisotopic (exact) mass is 268 g/mol. The average Bonchev–Trinajstić information content (AvgIpc) is 2.86. The molecule has 19 heavy (non-hydrogen) atoms. The Hall–Kier alpha value is -1.10. The second kappa shape index (κ2) is 4.20. The van der Waals surface area contributed by atoms with E-state index in [-0.39, 0.29) is 35.8 Å². The van der Waals surface area contributed by atoms with Crippen LogP contribution < -0.4 is 0 Å². The maximum atomic E-state index is 12.2. The Labute approximate surface area is 113 Å². The molecule has 2 bridgehead atoms. The van der Waals surface area contributed by atoms with Gasteiger partial charge < -0.3 is 14.0 Å². The first kappa shape index (κ1) is 12.9. The van der Waals surface area contributed by atoms with Crippen molar-refractivity contribution < 1.29 is 23.5 Å². The molecule has 0 spiro atoms. The van der Waals surface area contributed by atoms with Crippen molar-refractivity contribution in [1.29, 1.82) is 0 Å². The highest BCUT2D eigenvalue weighted by Gasteiger charge is 2.64. The van der Waals surface area contributed by atoms with Crippen molar-refractivity contribution in [2.24, 2.45) is 23.7 Å². The standard InChI is InChI=1S/C14H22NO4/c1-15(2,3)4-5-18-13(16)11-8-6-9-10(7-8)19-14(17)12(9)11/h8-12H,4-7H2,1-3H3/q+1. The number of likely N-dealkylation sites (N-methyl/N-ethyl adjacent to an activating group) is 1. The third-order valence-corrected chi connectivity index (χ3v) is 4.76. The van der Waals surface area contributed by atoms with Crippen molar-refractivity contribution in [2.45, 2.75) is 18.9 Å². The number of rotatable bonds is 4. The van der Waals surface area contributed by atoms with E-state index in [1.165, 1.54) is 0 Å². The molecule has 0 aromatic rings. The molecule has 0 radical (unpaired) electrons. The van der Waals surface area contributed by atoms with Crippen LogP contribution in [0.1, 0.15) is 12.8 Å². The van der Waals surface area contributed by atoms with Crippen LogP contribution in [0.3, 0.4) is 0 Å². The van der Waals surface area contributed by atoms with E-state index in [1.807, 2.05) is 0 Å². The van der Waals surface area contributed by atoms with Gasteiger partial charge >= 0.3 is 11.9 Å². The molecular formula is C14H22NO4+. The van der Waals surface area contributed by atoms with Crippen molar-refractivity contribution in [3.63, 3.8) is 0 Å². The van der Waals surface area contributed by atoms with Gasteiger partial charge in [-0.15, -0.1) is 0 Å². The lowest BCUT2D eigenvalue weighted by molar-refractivity contribution is -0.870. The average molecular weight is 268 g/mol. The fourth-order valence-corrected chi connectivity index (χ4v) is 3.84. The Kier molecular flexibility index (Phi) is 2.85. The topological polar surface area (TPSA) is 52.6 Å². The van der Waals surface area contributed by atoms with E-state index in [9.17, 15) is 9.59 Å². The lowest BCUT2D eigenvalue weighted by Gasteiger charge is -2.25. The summed E-state index contributed by atoms with van der Waals surface area (Å²) in [5.41, 5.74) is 0. The van der Waals surface area contributed by atoms with Crippen molar-refractivity contribution in [3.8, 4) is 0 Å². The van der Waals surface area contributed by atoms with E-state index in [4.69, 9.17) is 9.47 Å². The molecule has 0 N–H and O–H groups in total. The molecule has 0 aromatic heterocycles. The minimum Gasteiger partial charge on any atom is -0.462 e. The molecular weight excluding hydrogens is 246 g/mol. The minimum absolute atomic E-state index is 0.0813. The van der Waals surface area contributed by atoms with Gasteiger partial charge in [0.25, 0.3) is 0 Å². The lowest BCUT2D eigenvalue weighted by Crippen LogP contribution is -2.39. The molecule has 5 unspecified atom stereocenters. The van der Waals surface area contributed by atoms with Crippen LogP contribution in [-0.2, 0) is 19.1 Å². The Morgan fingerprint density at radius 1 is 1.37 bits per heavy atom. The molecule has 3 rings (SSSR count). The first-order valence-electron chi connectivity index (χ1n) is 7.04. The Bertz CT molecular complexity index is 412. The van der Waals surface area contributed by atoms with Crippen LogP contribution in [0, 0.1) is 23.7 Å². The first-order valence-corrected chi connectivity index (χ1v) is 7.04. The van der Waals surface area contributed by atoms with E-state index in [0.717, 1.165) is 23.9 Å². The predicted molar refractivity (Wildman–Crippen MR) is 66.9 cm³/mol. The fourth-order valence-electron chi connectivity index (χ4n) is 3.84. The second-order valence-electron chi connectivity index (χ2n) is 7.10. The summed E-state index contributed by atoms with van der Waals surface area (Å²) in [7, 11) is 6.18. The zero-order valence-electron chi connectivity index (χ0n) is 11.8. The summed E-state index contributed by atoms with van der Waals surface area (Å²) in [6.45, 7) is 1.20. The van der Waals surface area contributed by atoms with Gasteiger partial charge in [0.2, 0.25) is 0 Å². The highest BCUT2D eigenvalue weighted by atomic mass is 16.6. The summed E-state index contributed by atoms with van der Waals surface area (Å²) in [4.78, 5) is 24.0. The SMILES string of the molecule is C[N+](C)(C)CCOC(=O)C1C2CC3OC(=O)C1C3C2. The lowest BCUT2D eigenvalue weighted by atomic mass is 9.80. The normalized spacial score (nSPS) is 39.5. The van der Waals surface area contributed by atoms with Crippen LogP contribution in [0.15, 0.2) is 0 Å². The Balaban J connectivity index is 1.60. The van der Waals surface area contributed by atoms with E-state index >= 15 is 0 Å². The summed E-state index contributed by atoms with van der Waals surface area (Å²) in [5.74, 6) is -0.271. The number of hydrogen-bond acceptors (Lipinski definition) is 4. The summed E-state index contributed by atoms with van der Waals surface area (Å²) >= 11 is 0. The number of quaternary nitrogens is 1. The molecule has 0 amide bonds. The number of esters is 2. The van der Waals surface area contributed by atoms with Gasteiger partial charge in [-0.3, -0.25) is 9.59 Å². The molecule has 3 fully saturated rings. The first-order chi connectivity index (χ1) is 8.87. The summed E-state index contributed by atoms with van der Waals surface area (Å²) in [6.07, 6.45) is 1.89. The third kappa shape index (κ3) is 2.14. The van der Waals surface area contributed by atoms with Crippen molar-refractivity contribution in [1.82, 2.24) is 0 Å². The molecule has 2 saturated carbocycles. The highest BCUT2D eigenvalue weighted by Crippen LogP contribution is 2.57. The molecule has 1 heterocycles.